The predicted molar refractivity (Wildman–Crippen MR) is 66.5 cm³/mol. The standard InChI is InChI=1S/C14H28/c1-9-13(5,6)11(3)12(4)14(7,8)10-2/h9-10H2,1-8H3/b12-11-. The molecule has 0 amide bonds. The van der Waals surface area contributed by atoms with Gasteiger partial charge >= 0.3 is 0 Å². The lowest BCUT2D eigenvalue weighted by molar-refractivity contribution is 0.379. The third kappa shape index (κ3) is 2.87. The van der Waals surface area contributed by atoms with E-state index in [4.69, 9.17) is 0 Å². The van der Waals surface area contributed by atoms with E-state index in [1.54, 1.807) is 11.1 Å². The molecule has 14 heavy (non-hydrogen) atoms. The van der Waals surface area contributed by atoms with Gasteiger partial charge in [0.2, 0.25) is 0 Å². The molecule has 0 aliphatic heterocycles. The van der Waals surface area contributed by atoms with Gasteiger partial charge in [0.25, 0.3) is 0 Å². The van der Waals surface area contributed by atoms with E-state index in [0.29, 0.717) is 10.8 Å². The van der Waals surface area contributed by atoms with E-state index in [2.05, 4.69) is 55.4 Å². The highest BCUT2D eigenvalue weighted by atomic mass is 14.3. The first-order valence-corrected chi connectivity index (χ1v) is 5.87. The minimum absolute atomic E-state index is 0.358. The second-order valence-corrected chi connectivity index (χ2v) is 5.72. The summed E-state index contributed by atoms with van der Waals surface area (Å²) in [6.07, 6.45) is 2.44. The van der Waals surface area contributed by atoms with Crippen LogP contribution in [0.4, 0.5) is 0 Å². The zero-order chi connectivity index (χ0) is 11.6. The van der Waals surface area contributed by atoms with Crippen molar-refractivity contribution < 1.29 is 0 Å². The average molecular weight is 196 g/mol. The Morgan fingerprint density at radius 2 is 0.929 bits per heavy atom. The van der Waals surface area contributed by atoms with Crippen molar-refractivity contribution in [3.63, 3.8) is 0 Å². The van der Waals surface area contributed by atoms with Gasteiger partial charge in [-0.2, -0.15) is 0 Å². The molecule has 0 aromatic rings. The fourth-order valence-corrected chi connectivity index (χ4v) is 1.55. The van der Waals surface area contributed by atoms with Crippen LogP contribution >= 0.6 is 0 Å². The molecule has 0 bridgehead atoms. The van der Waals surface area contributed by atoms with Crippen molar-refractivity contribution in [3.8, 4) is 0 Å². The molecule has 0 spiro atoms. The van der Waals surface area contributed by atoms with E-state index in [1.807, 2.05) is 0 Å². The second-order valence-electron chi connectivity index (χ2n) is 5.72. The molecule has 0 unspecified atom stereocenters. The zero-order valence-corrected chi connectivity index (χ0v) is 11.4. The first-order valence-electron chi connectivity index (χ1n) is 5.87. The summed E-state index contributed by atoms with van der Waals surface area (Å²) in [6.45, 7) is 18.5. The van der Waals surface area contributed by atoms with Crippen LogP contribution in [0.2, 0.25) is 0 Å². The SMILES string of the molecule is CCC(C)(C)/C(C)=C(/C)C(C)(C)CC. The molecular formula is C14H28. The highest BCUT2D eigenvalue weighted by Gasteiger charge is 2.25. The number of hydrogen-bond acceptors (Lipinski definition) is 0. The number of rotatable bonds is 4. The van der Waals surface area contributed by atoms with Crippen molar-refractivity contribution in [2.45, 2.75) is 68.2 Å². The van der Waals surface area contributed by atoms with Crippen LogP contribution < -0.4 is 0 Å². The molecule has 0 heterocycles. The summed E-state index contributed by atoms with van der Waals surface area (Å²) in [6, 6.07) is 0. The van der Waals surface area contributed by atoms with Gasteiger partial charge in [-0.3, -0.25) is 0 Å². The van der Waals surface area contributed by atoms with E-state index >= 15 is 0 Å². The van der Waals surface area contributed by atoms with Gasteiger partial charge in [0.15, 0.2) is 0 Å². The average Bonchev–Trinajstić information content (AvgIpc) is 2.15. The molecule has 0 saturated carbocycles. The summed E-state index contributed by atoms with van der Waals surface area (Å²) in [5, 5.41) is 0. The van der Waals surface area contributed by atoms with Gasteiger partial charge in [0, 0.05) is 0 Å². The summed E-state index contributed by atoms with van der Waals surface area (Å²) in [4.78, 5) is 0. The maximum atomic E-state index is 2.34. The van der Waals surface area contributed by atoms with Crippen LogP contribution in [-0.4, -0.2) is 0 Å². The van der Waals surface area contributed by atoms with Crippen molar-refractivity contribution in [1.82, 2.24) is 0 Å². The highest BCUT2D eigenvalue weighted by molar-refractivity contribution is 5.22. The maximum absolute atomic E-state index is 2.34. The molecular weight excluding hydrogens is 168 g/mol. The monoisotopic (exact) mass is 196 g/mol. The van der Waals surface area contributed by atoms with E-state index in [0.717, 1.165) is 0 Å². The number of allylic oxidation sites excluding steroid dienone is 2. The van der Waals surface area contributed by atoms with Crippen molar-refractivity contribution in [3.05, 3.63) is 11.1 Å². The van der Waals surface area contributed by atoms with Crippen molar-refractivity contribution >= 4 is 0 Å². The van der Waals surface area contributed by atoms with E-state index in [-0.39, 0.29) is 0 Å². The Morgan fingerprint density at radius 1 is 0.714 bits per heavy atom. The van der Waals surface area contributed by atoms with Crippen LogP contribution in [0.3, 0.4) is 0 Å². The highest BCUT2D eigenvalue weighted by Crippen LogP contribution is 2.39. The number of hydrogen-bond donors (Lipinski definition) is 0. The van der Waals surface area contributed by atoms with Crippen molar-refractivity contribution in [2.24, 2.45) is 10.8 Å². The third-order valence-electron chi connectivity index (χ3n) is 4.36. The van der Waals surface area contributed by atoms with Crippen LogP contribution in [0, 0.1) is 10.8 Å². The van der Waals surface area contributed by atoms with Crippen LogP contribution in [0.25, 0.3) is 0 Å². The van der Waals surface area contributed by atoms with E-state index in [9.17, 15) is 0 Å². The van der Waals surface area contributed by atoms with Gasteiger partial charge in [-0.05, 0) is 37.5 Å². The summed E-state index contributed by atoms with van der Waals surface area (Å²) < 4.78 is 0. The first-order chi connectivity index (χ1) is 6.19. The summed E-state index contributed by atoms with van der Waals surface area (Å²) in [5.74, 6) is 0. The van der Waals surface area contributed by atoms with Crippen molar-refractivity contribution in [1.29, 1.82) is 0 Å². The fourth-order valence-electron chi connectivity index (χ4n) is 1.55. The minimum Gasteiger partial charge on any atom is -0.0682 e. The van der Waals surface area contributed by atoms with Crippen LogP contribution in [0.5, 0.6) is 0 Å². The van der Waals surface area contributed by atoms with E-state index in [1.165, 1.54) is 12.8 Å². The van der Waals surface area contributed by atoms with Gasteiger partial charge in [-0.25, -0.2) is 0 Å². The normalized spacial score (nSPS) is 15.4. The van der Waals surface area contributed by atoms with Crippen LogP contribution in [0.15, 0.2) is 11.1 Å². The first kappa shape index (κ1) is 13.7. The lowest BCUT2D eigenvalue weighted by Crippen LogP contribution is -2.20. The summed E-state index contributed by atoms with van der Waals surface area (Å²) in [7, 11) is 0. The molecule has 0 aromatic carbocycles. The van der Waals surface area contributed by atoms with Crippen molar-refractivity contribution in [2.75, 3.05) is 0 Å². The van der Waals surface area contributed by atoms with Gasteiger partial charge < -0.3 is 0 Å². The fraction of sp³-hybridized carbons (Fsp3) is 0.857. The Morgan fingerprint density at radius 3 is 1.07 bits per heavy atom. The second kappa shape index (κ2) is 4.51. The molecule has 0 heteroatoms. The topological polar surface area (TPSA) is 0 Å². The summed E-state index contributed by atoms with van der Waals surface area (Å²) in [5.41, 5.74) is 3.87. The van der Waals surface area contributed by atoms with Gasteiger partial charge in [-0.1, -0.05) is 52.7 Å². The molecule has 0 radical (unpaired) electrons. The molecule has 0 rings (SSSR count). The lowest BCUT2D eigenvalue weighted by Gasteiger charge is -2.33. The molecule has 0 saturated heterocycles. The Bertz CT molecular complexity index is 192. The quantitative estimate of drug-likeness (QED) is 0.542. The Labute approximate surface area is 90.8 Å². The molecule has 0 aliphatic rings. The molecule has 84 valence electrons. The molecule has 0 N–H and O–H groups in total. The maximum Gasteiger partial charge on any atom is -0.0147 e. The third-order valence-corrected chi connectivity index (χ3v) is 4.36. The zero-order valence-electron chi connectivity index (χ0n) is 11.4. The van der Waals surface area contributed by atoms with E-state index < -0.39 is 0 Å². The van der Waals surface area contributed by atoms with Gasteiger partial charge in [0.05, 0.1) is 0 Å². The molecule has 0 fully saturated rings. The Kier molecular flexibility index (Phi) is 4.42. The predicted octanol–water partition coefficient (Wildman–Crippen LogP) is 5.20. The van der Waals surface area contributed by atoms with Crippen LogP contribution in [-0.2, 0) is 0 Å². The minimum atomic E-state index is 0.358. The molecule has 0 nitrogen and oxygen atoms in total. The Balaban J connectivity index is 5.12. The largest absolute Gasteiger partial charge is 0.0682 e. The lowest BCUT2D eigenvalue weighted by atomic mass is 9.72. The molecule has 0 atom stereocenters. The molecule has 0 aliphatic carbocycles. The summed E-state index contributed by atoms with van der Waals surface area (Å²) >= 11 is 0. The van der Waals surface area contributed by atoms with Gasteiger partial charge in [-0.15, -0.1) is 0 Å². The smallest absolute Gasteiger partial charge is 0.0147 e. The van der Waals surface area contributed by atoms with Crippen LogP contribution in [0.1, 0.15) is 68.2 Å². The Hall–Kier alpha value is -0.260. The van der Waals surface area contributed by atoms with Gasteiger partial charge in [0.1, 0.15) is 0 Å². The molecule has 0 aromatic heterocycles.